The van der Waals surface area contributed by atoms with Gasteiger partial charge >= 0.3 is 5.69 Å². The van der Waals surface area contributed by atoms with E-state index in [1.807, 2.05) is 0 Å². The first-order chi connectivity index (χ1) is 8.77. The van der Waals surface area contributed by atoms with Crippen molar-refractivity contribution in [3.63, 3.8) is 0 Å². The predicted octanol–water partition coefficient (Wildman–Crippen LogP) is 3.13. The van der Waals surface area contributed by atoms with Crippen molar-refractivity contribution in [1.82, 2.24) is 4.98 Å². The molecule has 0 unspecified atom stereocenters. The van der Waals surface area contributed by atoms with Crippen molar-refractivity contribution in [3.8, 4) is 0 Å². The third-order valence-electron chi connectivity index (χ3n) is 3.60. The molecule has 19 heavy (non-hydrogen) atoms. The number of aromatic nitrogens is 1. The highest BCUT2D eigenvalue weighted by atomic mass is 16.6. The Labute approximate surface area is 113 Å². The molecule has 1 aromatic heterocycles. The Morgan fingerprint density at radius 1 is 1.42 bits per heavy atom. The van der Waals surface area contributed by atoms with Gasteiger partial charge in [0.25, 0.3) is 0 Å². The summed E-state index contributed by atoms with van der Waals surface area (Å²) in [4.78, 5) is 14.8. The van der Waals surface area contributed by atoms with E-state index >= 15 is 0 Å². The maximum absolute atomic E-state index is 11.0. The minimum absolute atomic E-state index is 0.00134. The number of anilines is 2. The van der Waals surface area contributed by atoms with E-state index in [2.05, 4.69) is 43.3 Å². The first-order valence-electron chi connectivity index (χ1n) is 6.35. The second kappa shape index (κ2) is 5.86. The normalized spacial score (nSPS) is 11.5. The fourth-order valence-electron chi connectivity index (χ4n) is 1.38. The minimum Gasteiger partial charge on any atom is -0.373 e. The fourth-order valence-corrected chi connectivity index (χ4v) is 1.38. The summed E-state index contributed by atoms with van der Waals surface area (Å²) in [6.45, 7) is 9.14. The van der Waals surface area contributed by atoms with E-state index < -0.39 is 4.92 Å². The third-order valence-corrected chi connectivity index (χ3v) is 3.60. The fraction of sp³-hybridized carbons (Fsp3) is 0.615. The van der Waals surface area contributed by atoms with Crippen molar-refractivity contribution in [2.45, 2.75) is 27.7 Å². The van der Waals surface area contributed by atoms with Crippen LogP contribution in [0.15, 0.2) is 12.1 Å². The average molecular weight is 266 g/mol. The predicted molar refractivity (Wildman–Crippen MR) is 77.5 cm³/mol. The molecule has 0 aliphatic rings. The number of rotatable bonds is 6. The Bertz CT molecular complexity index is 458. The Kier molecular flexibility index (Phi) is 4.69. The first-order valence-corrected chi connectivity index (χ1v) is 6.35. The van der Waals surface area contributed by atoms with E-state index in [1.165, 1.54) is 6.07 Å². The summed E-state index contributed by atoms with van der Waals surface area (Å²) < 4.78 is 0. The third kappa shape index (κ3) is 3.81. The molecule has 0 aliphatic carbocycles. The Hall–Kier alpha value is -1.85. The number of hydrogen-bond donors (Lipinski definition) is 2. The molecular formula is C13H22N4O2. The molecule has 106 valence electrons. The monoisotopic (exact) mass is 266 g/mol. The van der Waals surface area contributed by atoms with Crippen LogP contribution in [-0.4, -0.2) is 23.5 Å². The van der Waals surface area contributed by atoms with Gasteiger partial charge in [-0.3, -0.25) is 10.1 Å². The van der Waals surface area contributed by atoms with Gasteiger partial charge in [-0.05, 0) is 17.4 Å². The van der Waals surface area contributed by atoms with Crippen LogP contribution in [0.5, 0.6) is 0 Å². The molecule has 6 nitrogen and oxygen atoms in total. The van der Waals surface area contributed by atoms with Crippen LogP contribution in [0.1, 0.15) is 27.7 Å². The number of nitro groups is 1. The van der Waals surface area contributed by atoms with E-state index in [9.17, 15) is 10.1 Å². The highest BCUT2D eigenvalue weighted by Gasteiger charge is 2.24. The molecule has 1 rings (SSSR count). The Morgan fingerprint density at radius 2 is 2.05 bits per heavy atom. The topological polar surface area (TPSA) is 80.1 Å². The molecule has 0 atom stereocenters. The van der Waals surface area contributed by atoms with Crippen LogP contribution in [0.3, 0.4) is 0 Å². The van der Waals surface area contributed by atoms with Gasteiger partial charge in [-0.25, -0.2) is 4.98 Å². The lowest BCUT2D eigenvalue weighted by Crippen LogP contribution is -2.29. The molecule has 0 bridgehead atoms. The number of nitrogens with zero attached hydrogens (tertiary/aromatic N) is 2. The summed E-state index contributed by atoms with van der Waals surface area (Å²) in [6, 6.07) is 3.06. The molecule has 0 spiro atoms. The molecule has 0 radical (unpaired) electrons. The molecule has 0 aromatic carbocycles. The SMILES string of the molecule is CNc1ccc([N+](=O)[O-])c(NCC(C)(C)C(C)C)n1. The summed E-state index contributed by atoms with van der Waals surface area (Å²) in [5.41, 5.74) is 0.0316. The van der Waals surface area contributed by atoms with Crippen molar-refractivity contribution in [2.75, 3.05) is 24.2 Å². The zero-order valence-corrected chi connectivity index (χ0v) is 12.2. The molecule has 0 fully saturated rings. The lowest BCUT2D eigenvalue weighted by Gasteiger charge is -2.29. The van der Waals surface area contributed by atoms with Crippen LogP contribution in [0.2, 0.25) is 0 Å². The maximum atomic E-state index is 11.0. The van der Waals surface area contributed by atoms with Crippen LogP contribution in [0, 0.1) is 21.4 Å². The minimum atomic E-state index is -0.419. The number of hydrogen-bond acceptors (Lipinski definition) is 5. The van der Waals surface area contributed by atoms with Gasteiger partial charge in [0.05, 0.1) is 4.92 Å². The smallest absolute Gasteiger partial charge is 0.311 e. The van der Waals surface area contributed by atoms with Crippen LogP contribution >= 0.6 is 0 Å². The lowest BCUT2D eigenvalue weighted by atomic mass is 9.81. The van der Waals surface area contributed by atoms with E-state index in [-0.39, 0.29) is 11.1 Å². The summed E-state index contributed by atoms with van der Waals surface area (Å²) >= 11 is 0. The molecular weight excluding hydrogens is 244 g/mol. The maximum Gasteiger partial charge on any atom is 0.311 e. The van der Waals surface area contributed by atoms with Gasteiger partial charge in [-0.1, -0.05) is 27.7 Å². The Balaban J connectivity index is 2.95. The van der Waals surface area contributed by atoms with Crippen LogP contribution in [0.4, 0.5) is 17.3 Å². The van der Waals surface area contributed by atoms with Gasteiger partial charge in [0.1, 0.15) is 5.82 Å². The summed E-state index contributed by atoms with van der Waals surface area (Å²) in [5, 5.41) is 17.0. The second-order valence-corrected chi connectivity index (χ2v) is 5.57. The number of pyridine rings is 1. The van der Waals surface area contributed by atoms with E-state index in [0.717, 1.165) is 0 Å². The first kappa shape index (κ1) is 15.2. The van der Waals surface area contributed by atoms with Crippen molar-refractivity contribution < 1.29 is 4.92 Å². The quantitative estimate of drug-likeness (QED) is 0.610. The van der Waals surface area contributed by atoms with Gasteiger partial charge < -0.3 is 10.6 Å². The summed E-state index contributed by atoms with van der Waals surface area (Å²) in [7, 11) is 1.73. The van der Waals surface area contributed by atoms with E-state index in [4.69, 9.17) is 0 Å². The average Bonchev–Trinajstić information content (AvgIpc) is 2.35. The van der Waals surface area contributed by atoms with Gasteiger partial charge in [-0.2, -0.15) is 0 Å². The van der Waals surface area contributed by atoms with Crippen molar-refractivity contribution in [2.24, 2.45) is 11.3 Å². The van der Waals surface area contributed by atoms with Crippen LogP contribution in [0.25, 0.3) is 0 Å². The molecule has 2 N–H and O–H groups in total. The molecule has 6 heteroatoms. The highest BCUT2D eigenvalue weighted by molar-refractivity contribution is 5.60. The van der Waals surface area contributed by atoms with Gasteiger partial charge in [-0.15, -0.1) is 0 Å². The molecule has 0 saturated carbocycles. The molecule has 1 aromatic rings. The van der Waals surface area contributed by atoms with Crippen LogP contribution < -0.4 is 10.6 Å². The van der Waals surface area contributed by atoms with Gasteiger partial charge in [0, 0.05) is 19.7 Å². The molecule has 1 heterocycles. The van der Waals surface area contributed by atoms with E-state index in [1.54, 1.807) is 13.1 Å². The Morgan fingerprint density at radius 3 is 2.53 bits per heavy atom. The zero-order valence-electron chi connectivity index (χ0n) is 12.2. The van der Waals surface area contributed by atoms with E-state index in [0.29, 0.717) is 24.1 Å². The van der Waals surface area contributed by atoms with Crippen molar-refractivity contribution >= 4 is 17.3 Å². The molecule has 0 aliphatic heterocycles. The second-order valence-electron chi connectivity index (χ2n) is 5.57. The summed E-state index contributed by atoms with van der Waals surface area (Å²) in [5.74, 6) is 1.38. The molecule has 0 amide bonds. The van der Waals surface area contributed by atoms with Crippen molar-refractivity contribution in [1.29, 1.82) is 0 Å². The number of nitrogens with one attached hydrogen (secondary N) is 2. The summed E-state index contributed by atoms with van der Waals surface area (Å²) in [6.07, 6.45) is 0. The van der Waals surface area contributed by atoms with Crippen LogP contribution in [-0.2, 0) is 0 Å². The zero-order chi connectivity index (χ0) is 14.6. The van der Waals surface area contributed by atoms with Crippen molar-refractivity contribution in [3.05, 3.63) is 22.2 Å². The lowest BCUT2D eigenvalue weighted by molar-refractivity contribution is -0.384. The highest BCUT2D eigenvalue weighted by Crippen LogP contribution is 2.29. The van der Waals surface area contributed by atoms with Gasteiger partial charge in [0.2, 0.25) is 5.82 Å². The molecule has 0 saturated heterocycles. The standard InChI is InChI=1S/C13H22N4O2/c1-9(2)13(3,4)8-15-12-10(17(18)19)6-7-11(14-5)16-12/h6-7,9H,8H2,1-5H3,(H2,14,15,16). The van der Waals surface area contributed by atoms with Gasteiger partial charge in [0.15, 0.2) is 0 Å². The largest absolute Gasteiger partial charge is 0.373 e.